The molecule has 0 saturated carbocycles. The Morgan fingerprint density at radius 1 is 1.29 bits per heavy atom. The van der Waals surface area contributed by atoms with E-state index in [1.807, 2.05) is 18.2 Å². The van der Waals surface area contributed by atoms with Crippen LogP contribution in [0.5, 0.6) is 0 Å². The van der Waals surface area contributed by atoms with Crippen molar-refractivity contribution in [1.29, 1.82) is 0 Å². The molecule has 0 aromatic heterocycles. The second kappa shape index (κ2) is 4.31. The van der Waals surface area contributed by atoms with Gasteiger partial charge in [0.1, 0.15) is 0 Å². The summed E-state index contributed by atoms with van der Waals surface area (Å²) in [4.78, 5) is 4.25. The van der Waals surface area contributed by atoms with E-state index in [9.17, 15) is 0 Å². The number of anilines is 1. The van der Waals surface area contributed by atoms with Gasteiger partial charge in [0, 0.05) is 21.2 Å². The van der Waals surface area contributed by atoms with Crippen molar-refractivity contribution in [2.45, 2.75) is 0 Å². The highest BCUT2D eigenvalue weighted by Crippen LogP contribution is 2.25. The first-order chi connectivity index (χ1) is 6.75. The van der Waals surface area contributed by atoms with E-state index in [2.05, 4.69) is 47.5 Å². The number of hydrogen-bond acceptors (Lipinski definition) is 3. The Kier molecular flexibility index (Phi) is 3.08. The zero-order chi connectivity index (χ0) is 9.97. The topological polar surface area (TPSA) is 36.4 Å². The summed E-state index contributed by atoms with van der Waals surface area (Å²) >= 11 is 6.87. The van der Waals surface area contributed by atoms with Gasteiger partial charge < -0.3 is 10.6 Å². The fraction of sp³-hybridized carbons (Fsp3) is 0.222. The number of guanidine groups is 1. The van der Waals surface area contributed by atoms with E-state index in [4.69, 9.17) is 0 Å². The molecule has 1 aromatic carbocycles. The third-order valence-electron chi connectivity index (χ3n) is 1.86. The average molecular weight is 319 g/mol. The zero-order valence-corrected chi connectivity index (χ0v) is 10.5. The van der Waals surface area contributed by atoms with Crippen LogP contribution in [-0.2, 0) is 0 Å². The Hall–Kier alpha value is -0.550. The van der Waals surface area contributed by atoms with Crippen molar-refractivity contribution in [1.82, 2.24) is 5.32 Å². The number of nitrogens with zero attached hydrogens (tertiary/aromatic N) is 1. The summed E-state index contributed by atoms with van der Waals surface area (Å²) < 4.78 is 2.07. The van der Waals surface area contributed by atoms with Crippen LogP contribution in [0.2, 0.25) is 0 Å². The normalized spacial score (nSPS) is 14.9. The van der Waals surface area contributed by atoms with Crippen LogP contribution in [0, 0.1) is 0 Å². The average Bonchev–Trinajstić information content (AvgIpc) is 2.64. The lowest BCUT2D eigenvalue weighted by Gasteiger charge is -2.07. The molecule has 0 saturated heterocycles. The number of aliphatic imine (C=N–C) groups is 1. The first-order valence-electron chi connectivity index (χ1n) is 4.26. The summed E-state index contributed by atoms with van der Waals surface area (Å²) in [6.45, 7) is 1.76. The van der Waals surface area contributed by atoms with Crippen molar-refractivity contribution >= 4 is 43.5 Å². The second-order valence-corrected chi connectivity index (χ2v) is 4.62. The maximum atomic E-state index is 4.25. The number of benzene rings is 1. The largest absolute Gasteiger partial charge is 0.354 e. The summed E-state index contributed by atoms with van der Waals surface area (Å²) in [5.41, 5.74) is 1.02. The molecule has 1 aliphatic heterocycles. The van der Waals surface area contributed by atoms with Gasteiger partial charge in [0.15, 0.2) is 5.96 Å². The van der Waals surface area contributed by atoms with Gasteiger partial charge in [0.2, 0.25) is 0 Å². The molecule has 0 bridgehead atoms. The van der Waals surface area contributed by atoms with Crippen LogP contribution >= 0.6 is 31.9 Å². The first-order valence-corrected chi connectivity index (χ1v) is 5.85. The van der Waals surface area contributed by atoms with E-state index in [-0.39, 0.29) is 0 Å². The SMILES string of the molecule is Brc1ccc(NC2=NCCN2)cc1Br. The molecular weight excluding hydrogens is 310 g/mol. The first kappa shape index (κ1) is 9.98. The fourth-order valence-electron chi connectivity index (χ4n) is 1.19. The molecule has 2 rings (SSSR count). The quantitative estimate of drug-likeness (QED) is 0.835. The molecule has 1 heterocycles. The summed E-state index contributed by atoms with van der Waals surface area (Å²) in [6, 6.07) is 5.99. The molecule has 0 spiro atoms. The number of rotatable bonds is 1. The Labute approximate surface area is 99.3 Å². The molecular formula is C9H9Br2N3. The van der Waals surface area contributed by atoms with Gasteiger partial charge in [-0.1, -0.05) is 0 Å². The van der Waals surface area contributed by atoms with Crippen LogP contribution in [-0.4, -0.2) is 19.0 Å². The van der Waals surface area contributed by atoms with Gasteiger partial charge in [0.25, 0.3) is 0 Å². The summed E-state index contributed by atoms with van der Waals surface area (Å²) in [5.74, 6) is 0.847. The minimum atomic E-state index is 0.847. The highest BCUT2D eigenvalue weighted by Gasteiger charge is 2.05. The Morgan fingerprint density at radius 3 is 2.79 bits per heavy atom. The molecule has 5 heteroatoms. The third-order valence-corrected chi connectivity index (χ3v) is 3.74. The molecule has 0 amide bonds. The van der Waals surface area contributed by atoms with Crippen LogP contribution in [0.15, 0.2) is 32.1 Å². The van der Waals surface area contributed by atoms with Gasteiger partial charge in [-0.15, -0.1) is 0 Å². The highest BCUT2D eigenvalue weighted by molar-refractivity contribution is 9.13. The van der Waals surface area contributed by atoms with E-state index in [1.54, 1.807) is 0 Å². The zero-order valence-electron chi connectivity index (χ0n) is 7.35. The third kappa shape index (κ3) is 2.27. The van der Waals surface area contributed by atoms with Crippen LogP contribution < -0.4 is 10.6 Å². The molecule has 74 valence electrons. The summed E-state index contributed by atoms with van der Waals surface area (Å²) in [6.07, 6.45) is 0. The van der Waals surface area contributed by atoms with Crippen LogP contribution in [0.25, 0.3) is 0 Å². The van der Waals surface area contributed by atoms with Gasteiger partial charge in [-0.25, -0.2) is 0 Å². The molecule has 1 aliphatic rings. The number of halogens is 2. The predicted molar refractivity (Wildman–Crippen MR) is 65.8 cm³/mol. The van der Waals surface area contributed by atoms with Crippen LogP contribution in [0.3, 0.4) is 0 Å². The molecule has 14 heavy (non-hydrogen) atoms. The molecule has 0 fully saturated rings. The molecule has 0 aliphatic carbocycles. The molecule has 0 atom stereocenters. The maximum absolute atomic E-state index is 4.25. The van der Waals surface area contributed by atoms with Gasteiger partial charge in [-0.2, -0.15) is 0 Å². The summed E-state index contributed by atoms with van der Waals surface area (Å²) in [7, 11) is 0. The lowest BCUT2D eigenvalue weighted by atomic mass is 10.3. The van der Waals surface area contributed by atoms with Crippen molar-refractivity contribution in [3.63, 3.8) is 0 Å². The minimum absolute atomic E-state index is 0.847. The Morgan fingerprint density at radius 2 is 2.14 bits per heavy atom. The van der Waals surface area contributed by atoms with E-state index in [0.29, 0.717) is 0 Å². The van der Waals surface area contributed by atoms with Crippen molar-refractivity contribution in [3.05, 3.63) is 27.1 Å². The minimum Gasteiger partial charge on any atom is -0.354 e. The number of nitrogens with one attached hydrogen (secondary N) is 2. The maximum Gasteiger partial charge on any atom is 0.195 e. The van der Waals surface area contributed by atoms with Crippen LogP contribution in [0.1, 0.15) is 0 Å². The lowest BCUT2D eigenvalue weighted by Crippen LogP contribution is -2.26. The van der Waals surface area contributed by atoms with Crippen molar-refractivity contribution < 1.29 is 0 Å². The van der Waals surface area contributed by atoms with Gasteiger partial charge in [0.05, 0.1) is 6.54 Å². The van der Waals surface area contributed by atoms with E-state index < -0.39 is 0 Å². The molecule has 0 radical (unpaired) electrons. The highest BCUT2D eigenvalue weighted by atomic mass is 79.9. The standard InChI is InChI=1S/C9H9Br2N3/c10-7-2-1-6(5-8(7)11)14-9-12-3-4-13-9/h1-2,5H,3-4H2,(H2,12,13,14). The van der Waals surface area contributed by atoms with Gasteiger partial charge in [-0.05, 0) is 50.1 Å². The van der Waals surface area contributed by atoms with Crippen molar-refractivity contribution in [3.8, 4) is 0 Å². The van der Waals surface area contributed by atoms with Crippen molar-refractivity contribution in [2.24, 2.45) is 4.99 Å². The van der Waals surface area contributed by atoms with Gasteiger partial charge in [-0.3, -0.25) is 4.99 Å². The molecule has 2 N–H and O–H groups in total. The fourth-order valence-corrected chi connectivity index (χ4v) is 1.82. The molecule has 3 nitrogen and oxygen atoms in total. The molecule has 0 unspecified atom stereocenters. The smallest absolute Gasteiger partial charge is 0.195 e. The van der Waals surface area contributed by atoms with E-state index in [1.165, 1.54) is 0 Å². The second-order valence-electron chi connectivity index (χ2n) is 2.91. The van der Waals surface area contributed by atoms with Crippen molar-refractivity contribution in [2.75, 3.05) is 18.4 Å². The molecule has 1 aromatic rings. The predicted octanol–water partition coefficient (Wildman–Crippen LogP) is 2.58. The number of hydrogen-bond donors (Lipinski definition) is 2. The Bertz CT molecular complexity index is 376. The monoisotopic (exact) mass is 317 g/mol. The lowest BCUT2D eigenvalue weighted by molar-refractivity contribution is 0.959. The van der Waals surface area contributed by atoms with E-state index in [0.717, 1.165) is 33.7 Å². The summed E-state index contributed by atoms with van der Waals surface area (Å²) in [5, 5.41) is 6.35. The van der Waals surface area contributed by atoms with E-state index >= 15 is 0 Å². The van der Waals surface area contributed by atoms with Gasteiger partial charge >= 0.3 is 0 Å². The Balaban J connectivity index is 2.13. The van der Waals surface area contributed by atoms with Crippen LogP contribution in [0.4, 0.5) is 5.69 Å².